The fraction of sp³-hybridized carbons (Fsp3) is 0.261. The van der Waals surface area contributed by atoms with Gasteiger partial charge in [-0.3, -0.25) is 0 Å². The van der Waals surface area contributed by atoms with Crippen LogP contribution in [0.3, 0.4) is 0 Å². The van der Waals surface area contributed by atoms with E-state index in [4.69, 9.17) is 14.4 Å². The molecule has 4 aromatic rings. The van der Waals surface area contributed by atoms with Crippen molar-refractivity contribution in [2.45, 2.75) is 20.4 Å². The number of hydrogen-bond acceptors (Lipinski definition) is 7. The molecule has 0 aliphatic heterocycles. The fourth-order valence-electron chi connectivity index (χ4n) is 3.63. The van der Waals surface area contributed by atoms with Crippen molar-refractivity contribution < 1.29 is 19.0 Å². The third kappa shape index (κ3) is 4.79. The van der Waals surface area contributed by atoms with Crippen LogP contribution in [0, 0.1) is 0 Å². The van der Waals surface area contributed by atoms with Crippen LogP contribution < -0.4 is 9.47 Å². The van der Waals surface area contributed by atoms with Crippen molar-refractivity contribution in [1.82, 2.24) is 10.3 Å². The largest absolute Gasteiger partial charge is 0.370 e. The Morgan fingerprint density at radius 1 is 1.16 bits per heavy atom. The molecule has 0 spiro atoms. The first-order chi connectivity index (χ1) is 15.6. The number of anilines is 1. The molecule has 0 saturated carbocycles. The van der Waals surface area contributed by atoms with Gasteiger partial charge >= 0.3 is 0 Å². The summed E-state index contributed by atoms with van der Waals surface area (Å²) in [5.41, 5.74) is 4.69. The van der Waals surface area contributed by atoms with Gasteiger partial charge < -0.3 is 9.79 Å². The molecule has 2 aromatic heterocycles. The molecule has 0 N–H and O–H groups in total. The summed E-state index contributed by atoms with van der Waals surface area (Å²) in [6.07, 6.45) is 4.16. The van der Waals surface area contributed by atoms with Crippen LogP contribution in [0.4, 0.5) is 5.69 Å². The summed E-state index contributed by atoms with van der Waals surface area (Å²) >= 11 is 3.70. The predicted octanol–water partition coefficient (Wildman–Crippen LogP) is 5.60. The van der Waals surface area contributed by atoms with Gasteiger partial charge in [0.25, 0.3) is 5.01 Å². The second-order valence-electron chi connectivity index (χ2n) is 6.96. The van der Waals surface area contributed by atoms with E-state index < -0.39 is 0 Å². The van der Waals surface area contributed by atoms with Gasteiger partial charge in [-0.2, -0.15) is 9.45 Å². The van der Waals surface area contributed by atoms with Crippen LogP contribution in [0.2, 0.25) is 0 Å². The van der Waals surface area contributed by atoms with E-state index in [9.17, 15) is 0 Å². The Morgan fingerprint density at radius 3 is 2.72 bits per heavy atom. The molecule has 0 amide bonds. The molecule has 2 heterocycles. The summed E-state index contributed by atoms with van der Waals surface area (Å²) in [6.45, 7) is 10.8. The Labute approximate surface area is 204 Å². The number of fused-ring (bicyclic) bond motifs is 2. The highest BCUT2D eigenvalue weighted by Crippen LogP contribution is 2.29. The van der Waals surface area contributed by atoms with Crippen LogP contribution in [-0.4, -0.2) is 30.0 Å². The van der Waals surface area contributed by atoms with E-state index in [0.717, 1.165) is 45.9 Å². The number of para-hydroxylation sites is 1. The Bertz CT molecular complexity index is 1260. The molecular formula is C23H24IN4O3S+. The van der Waals surface area contributed by atoms with Gasteiger partial charge in [-0.25, -0.2) is 4.63 Å². The van der Waals surface area contributed by atoms with Gasteiger partial charge in [-0.1, -0.05) is 29.5 Å². The number of benzene rings is 2. The first-order valence-corrected chi connectivity index (χ1v) is 12.3. The van der Waals surface area contributed by atoms with E-state index in [1.165, 1.54) is 4.70 Å². The fourth-order valence-corrected chi connectivity index (χ4v) is 4.85. The standard InChI is InChI=1S/C23H24IN4O3S/c1-4-27(5-2)19-12-10-17(22-23(19)26-31-25-22)11-13-21-28(14-15-29-30-16(3)24)18-8-6-7-9-20(18)32-21/h6-13H,3-5,14-15H2,1-2H3/q+1. The molecule has 0 fully saturated rings. The van der Waals surface area contributed by atoms with E-state index in [0.29, 0.717) is 16.9 Å². The van der Waals surface area contributed by atoms with Gasteiger partial charge in [-0.15, -0.1) is 0 Å². The highest BCUT2D eigenvalue weighted by Gasteiger charge is 2.19. The molecule has 0 saturated heterocycles. The van der Waals surface area contributed by atoms with Crippen molar-refractivity contribution in [2.75, 3.05) is 24.6 Å². The second-order valence-corrected chi connectivity index (χ2v) is 9.23. The molecular weight excluding hydrogens is 539 g/mol. The summed E-state index contributed by atoms with van der Waals surface area (Å²) < 4.78 is 9.02. The van der Waals surface area contributed by atoms with Gasteiger partial charge in [0.2, 0.25) is 5.52 Å². The van der Waals surface area contributed by atoms with Crippen LogP contribution in [0.25, 0.3) is 33.4 Å². The molecule has 9 heteroatoms. The summed E-state index contributed by atoms with van der Waals surface area (Å²) in [7, 11) is 0. The zero-order chi connectivity index (χ0) is 22.5. The molecule has 4 rings (SSSR count). The normalized spacial score (nSPS) is 11.6. The Balaban J connectivity index is 1.66. The molecule has 166 valence electrons. The minimum Gasteiger partial charge on any atom is -0.370 e. The number of thiazole rings is 1. The van der Waals surface area contributed by atoms with Gasteiger partial charge in [0.1, 0.15) is 10.2 Å². The lowest BCUT2D eigenvalue weighted by atomic mass is 10.1. The van der Waals surface area contributed by atoms with E-state index >= 15 is 0 Å². The Hall–Kier alpha value is -2.50. The topological polar surface area (TPSA) is 64.5 Å². The van der Waals surface area contributed by atoms with Crippen molar-refractivity contribution in [3.05, 3.63) is 57.3 Å². The SMILES string of the molecule is C=C(I)OOCC[n+]1c(C=Cc2ccc(N(CC)CC)c3nonc23)sc2ccccc21. The molecule has 0 atom stereocenters. The highest BCUT2D eigenvalue weighted by molar-refractivity contribution is 14.1. The molecule has 0 unspecified atom stereocenters. The van der Waals surface area contributed by atoms with E-state index in [2.05, 4.69) is 76.6 Å². The third-order valence-corrected chi connectivity index (χ3v) is 6.43. The second kappa shape index (κ2) is 10.4. The summed E-state index contributed by atoms with van der Waals surface area (Å²) in [5, 5.41) is 9.43. The molecule has 0 aliphatic rings. The zero-order valence-corrected chi connectivity index (χ0v) is 20.9. The monoisotopic (exact) mass is 563 g/mol. The zero-order valence-electron chi connectivity index (χ0n) is 18.0. The summed E-state index contributed by atoms with van der Waals surface area (Å²) in [6, 6.07) is 12.5. The van der Waals surface area contributed by atoms with Gasteiger partial charge in [0, 0.05) is 53.4 Å². The number of rotatable bonds is 10. The maximum absolute atomic E-state index is 5.26. The van der Waals surface area contributed by atoms with Crippen LogP contribution in [-0.2, 0) is 16.3 Å². The van der Waals surface area contributed by atoms with Crippen molar-refractivity contribution in [3.8, 4) is 0 Å². The molecule has 0 radical (unpaired) electrons. The van der Waals surface area contributed by atoms with E-state index in [1.54, 1.807) is 11.3 Å². The Morgan fingerprint density at radius 2 is 1.94 bits per heavy atom. The number of nitrogens with zero attached hydrogens (tertiary/aromatic N) is 4. The Kier molecular flexibility index (Phi) is 7.38. The lowest BCUT2D eigenvalue weighted by Crippen LogP contribution is -2.37. The minimum atomic E-state index is 0.407. The number of halogens is 1. The van der Waals surface area contributed by atoms with Gasteiger partial charge in [-0.05, 0) is 48.9 Å². The third-order valence-electron chi connectivity index (χ3n) is 5.12. The summed E-state index contributed by atoms with van der Waals surface area (Å²) in [5.74, 6) is 0. The lowest BCUT2D eigenvalue weighted by molar-refractivity contribution is -0.673. The van der Waals surface area contributed by atoms with Crippen LogP contribution in [0.5, 0.6) is 0 Å². The van der Waals surface area contributed by atoms with Crippen molar-refractivity contribution in [3.63, 3.8) is 0 Å². The van der Waals surface area contributed by atoms with Crippen LogP contribution in [0.15, 0.2) is 51.4 Å². The minimum absolute atomic E-state index is 0.407. The molecule has 2 aromatic carbocycles. The lowest BCUT2D eigenvalue weighted by Gasteiger charge is -2.20. The summed E-state index contributed by atoms with van der Waals surface area (Å²) in [4.78, 5) is 12.5. The maximum Gasteiger partial charge on any atom is 0.262 e. The van der Waals surface area contributed by atoms with Gasteiger partial charge in [0.05, 0.1) is 5.69 Å². The van der Waals surface area contributed by atoms with E-state index in [-0.39, 0.29) is 0 Å². The van der Waals surface area contributed by atoms with Gasteiger partial charge in [0.15, 0.2) is 22.4 Å². The first-order valence-electron chi connectivity index (χ1n) is 10.4. The average molecular weight is 563 g/mol. The van der Waals surface area contributed by atoms with Crippen LogP contribution >= 0.6 is 33.9 Å². The molecule has 0 aliphatic carbocycles. The highest BCUT2D eigenvalue weighted by atomic mass is 127. The number of aromatic nitrogens is 3. The average Bonchev–Trinajstić information content (AvgIpc) is 3.42. The van der Waals surface area contributed by atoms with Crippen LogP contribution in [0.1, 0.15) is 24.4 Å². The molecule has 32 heavy (non-hydrogen) atoms. The predicted molar refractivity (Wildman–Crippen MR) is 137 cm³/mol. The van der Waals surface area contributed by atoms with Crippen molar-refractivity contribution >= 4 is 73.0 Å². The molecule has 7 nitrogen and oxygen atoms in total. The quantitative estimate of drug-likeness (QED) is 0.0626. The molecule has 0 bridgehead atoms. The van der Waals surface area contributed by atoms with Crippen molar-refractivity contribution in [2.24, 2.45) is 0 Å². The maximum atomic E-state index is 5.26. The smallest absolute Gasteiger partial charge is 0.262 e. The van der Waals surface area contributed by atoms with E-state index in [1.807, 2.05) is 34.7 Å². The van der Waals surface area contributed by atoms with Crippen molar-refractivity contribution in [1.29, 1.82) is 0 Å². The first kappa shape index (κ1) is 22.7. The number of hydrogen-bond donors (Lipinski definition) is 0.